The first kappa shape index (κ1) is 18.3. The SMILES string of the molecule is Cl.NC(=O)CC(N)C(=O)N1CCC(Oc2ccccc2)CC1. The number of halogens is 1. The molecule has 1 atom stereocenters. The third kappa shape index (κ3) is 5.20. The number of ether oxygens (including phenoxy) is 1. The predicted molar refractivity (Wildman–Crippen MR) is 85.7 cm³/mol. The fourth-order valence-corrected chi connectivity index (χ4v) is 2.42. The molecule has 2 amide bonds. The van der Waals surface area contributed by atoms with Crippen molar-refractivity contribution < 1.29 is 14.3 Å². The maximum atomic E-state index is 12.1. The van der Waals surface area contributed by atoms with Crippen LogP contribution in [0.25, 0.3) is 0 Å². The number of likely N-dealkylation sites (tertiary alicyclic amines) is 1. The number of amides is 2. The van der Waals surface area contributed by atoms with Gasteiger partial charge in [0.2, 0.25) is 11.8 Å². The Kier molecular flexibility index (Phi) is 7.14. The van der Waals surface area contributed by atoms with Crippen LogP contribution in [0.2, 0.25) is 0 Å². The molecule has 122 valence electrons. The van der Waals surface area contributed by atoms with Gasteiger partial charge in [0, 0.05) is 25.9 Å². The van der Waals surface area contributed by atoms with E-state index in [0.717, 1.165) is 18.6 Å². The summed E-state index contributed by atoms with van der Waals surface area (Å²) in [5.74, 6) is 0.0674. The molecule has 7 heteroatoms. The Morgan fingerprint density at radius 1 is 1.23 bits per heavy atom. The van der Waals surface area contributed by atoms with Crippen molar-refractivity contribution in [3.05, 3.63) is 30.3 Å². The molecule has 1 aliphatic heterocycles. The molecule has 2 rings (SSSR count). The number of nitrogens with two attached hydrogens (primary N) is 2. The van der Waals surface area contributed by atoms with Crippen molar-refractivity contribution in [2.45, 2.75) is 31.4 Å². The van der Waals surface area contributed by atoms with Crippen LogP contribution in [-0.2, 0) is 9.59 Å². The van der Waals surface area contributed by atoms with Crippen LogP contribution < -0.4 is 16.2 Å². The highest BCUT2D eigenvalue weighted by Gasteiger charge is 2.27. The van der Waals surface area contributed by atoms with E-state index in [-0.39, 0.29) is 30.8 Å². The first-order valence-electron chi connectivity index (χ1n) is 7.10. The van der Waals surface area contributed by atoms with Crippen LogP contribution in [0.15, 0.2) is 30.3 Å². The second-order valence-electron chi connectivity index (χ2n) is 5.23. The van der Waals surface area contributed by atoms with Crippen LogP contribution in [0.5, 0.6) is 5.75 Å². The summed E-state index contributed by atoms with van der Waals surface area (Å²) in [4.78, 5) is 24.5. The molecule has 1 heterocycles. The van der Waals surface area contributed by atoms with Gasteiger partial charge in [-0.05, 0) is 12.1 Å². The van der Waals surface area contributed by atoms with Gasteiger partial charge in [-0.15, -0.1) is 12.4 Å². The van der Waals surface area contributed by atoms with Crippen molar-refractivity contribution in [3.63, 3.8) is 0 Å². The number of para-hydroxylation sites is 1. The Bertz CT molecular complexity index is 490. The van der Waals surface area contributed by atoms with E-state index < -0.39 is 11.9 Å². The summed E-state index contributed by atoms with van der Waals surface area (Å²) in [7, 11) is 0. The van der Waals surface area contributed by atoms with Crippen molar-refractivity contribution in [1.29, 1.82) is 0 Å². The smallest absolute Gasteiger partial charge is 0.240 e. The molecular weight excluding hydrogens is 306 g/mol. The summed E-state index contributed by atoms with van der Waals surface area (Å²) in [5, 5.41) is 0. The number of primary amides is 1. The number of piperidine rings is 1. The first-order valence-corrected chi connectivity index (χ1v) is 7.10. The lowest BCUT2D eigenvalue weighted by Crippen LogP contribution is -2.49. The van der Waals surface area contributed by atoms with Gasteiger partial charge < -0.3 is 21.1 Å². The van der Waals surface area contributed by atoms with E-state index >= 15 is 0 Å². The van der Waals surface area contributed by atoms with Crippen LogP contribution >= 0.6 is 12.4 Å². The largest absolute Gasteiger partial charge is 0.490 e. The molecule has 0 spiro atoms. The van der Waals surface area contributed by atoms with E-state index in [2.05, 4.69) is 0 Å². The highest BCUT2D eigenvalue weighted by Crippen LogP contribution is 2.19. The molecule has 1 aromatic carbocycles. The van der Waals surface area contributed by atoms with Crippen molar-refractivity contribution in [3.8, 4) is 5.75 Å². The third-order valence-electron chi connectivity index (χ3n) is 3.54. The van der Waals surface area contributed by atoms with Gasteiger partial charge in [-0.3, -0.25) is 9.59 Å². The van der Waals surface area contributed by atoms with Gasteiger partial charge >= 0.3 is 0 Å². The van der Waals surface area contributed by atoms with Crippen molar-refractivity contribution in [1.82, 2.24) is 4.90 Å². The van der Waals surface area contributed by atoms with Crippen LogP contribution in [0.3, 0.4) is 0 Å². The van der Waals surface area contributed by atoms with E-state index in [1.54, 1.807) is 4.90 Å². The highest BCUT2D eigenvalue weighted by molar-refractivity contribution is 5.87. The molecule has 1 unspecified atom stereocenters. The zero-order chi connectivity index (χ0) is 15.2. The number of benzene rings is 1. The first-order chi connectivity index (χ1) is 10.1. The molecule has 1 saturated heterocycles. The Balaban J connectivity index is 0.00000242. The van der Waals surface area contributed by atoms with Crippen LogP contribution in [0, 0.1) is 0 Å². The zero-order valence-corrected chi connectivity index (χ0v) is 13.1. The van der Waals surface area contributed by atoms with Gasteiger partial charge in [0.05, 0.1) is 12.5 Å². The lowest BCUT2D eigenvalue weighted by Gasteiger charge is -2.33. The highest BCUT2D eigenvalue weighted by atomic mass is 35.5. The molecule has 0 bridgehead atoms. The summed E-state index contributed by atoms with van der Waals surface area (Å²) in [6, 6.07) is 8.79. The van der Waals surface area contributed by atoms with E-state index in [1.807, 2.05) is 30.3 Å². The fraction of sp³-hybridized carbons (Fsp3) is 0.467. The molecule has 0 aromatic heterocycles. The molecule has 1 aliphatic rings. The quantitative estimate of drug-likeness (QED) is 0.830. The summed E-state index contributed by atoms with van der Waals surface area (Å²) >= 11 is 0. The summed E-state index contributed by atoms with van der Waals surface area (Å²) in [5.41, 5.74) is 10.7. The number of nitrogens with zero attached hydrogens (tertiary/aromatic N) is 1. The second kappa shape index (κ2) is 8.60. The lowest BCUT2D eigenvalue weighted by molar-refractivity contribution is -0.136. The maximum absolute atomic E-state index is 12.1. The molecule has 0 saturated carbocycles. The molecule has 6 nitrogen and oxygen atoms in total. The van der Waals surface area contributed by atoms with E-state index in [1.165, 1.54) is 0 Å². The summed E-state index contributed by atoms with van der Waals surface area (Å²) in [6.45, 7) is 1.17. The normalized spacial score (nSPS) is 16.5. The number of carbonyl (C=O) groups excluding carboxylic acids is 2. The van der Waals surface area contributed by atoms with Crippen LogP contribution in [-0.4, -0.2) is 41.9 Å². The minimum atomic E-state index is -0.839. The molecular formula is C15H22ClN3O3. The average molecular weight is 328 g/mol. The molecule has 1 fully saturated rings. The van der Waals surface area contributed by atoms with E-state index in [9.17, 15) is 9.59 Å². The maximum Gasteiger partial charge on any atom is 0.240 e. The Hall–Kier alpha value is -1.79. The topological polar surface area (TPSA) is 98.7 Å². The molecule has 4 N–H and O–H groups in total. The van der Waals surface area contributed by atoms with E-state index in [0.29, 0.717) is 13.1 Å². The summed E-state index contributed by atoms with van der Waals surface area (Å²) < 4.78 is 5.87. The number of carbonyl (C=O) groups is 2. The number of rotatable bonds is 5. The second-order valence-corrected chi connectivity index (χ2v) is 5.23. The minimum absolute atomic E-state index is 0. The van der Waals surface area contributed by atoms with Gasteiger partial charge in [0.1, 0.15) is 11.9 Å². The summed E-state index contributed by atoms with van der Waals surface area (Å²) in [6.07, 6.45) is 1.50. The average Bonchev–Trinajstić information content (AvgIpc) is 2.47. The Labute approximate surface area is 136 Å². The van der Waals surface area contributed by atoms with Gasteiger partial charge in [-0.25, -0.2) is 0 Å². The van der Waals surface area contributed by atoms with Gasteiger partial charge in [0.25, 0.3) is 0 Å². The van der Waals surface area contributed by atoms with Crippen molar-refractivity contribution in [2.75, 3.05) is 13.1 Å². The van der Waals surface area contributed by atoms with E-state index in [4.69, 9.17) is 16.2 Å². The van der Waals surface area contributed by atoms with Gasteiger partial charge in [0.15, 0.2) is 0 Å². The zero-order valence-electron chi connectivity index (χ0n) is 12.3. The molecule has 0 aliphatic carbocycles. The molecule has 0 radical (unpaired) electrons. The van der Waals surface area contributed by atoms with Crippen LogP contribution in [0.4, 0.5) is 0 Å². The lowest BCUT2D eigenvalue weighted by atomic mass is 10.1. The number of hydrogen-bond acceptors (Lipinski definition) is 4. The Morgan fingerprint density at radius 2 is 1.82 bits per heavy atom. The minimum Gasteiger partial charge on any atom is -0.490 e. The molecule has 22 heavy (non-hydrogen) atoms. The predicted octanol–water partition coefficient (Wildman–Crippen LogP) is 0.681. The molecule has 1 aromatic rings. The monoisotopic (exact) mass is 327 g/mol. The third-order valence-corrected chi connectivity index (χ3v) is 3.54. The fourth-order valence-electron chi connectivity index (χ4n) is 2.42. The van der Waals surface area contributed by atoms with Crippen molar-refractivity contribution >= 4 is 24.2 Å². The van der Waals surface area contributed by atoms with Gasteiger partial charge in [-0.2, -0.15) is 0 Å². The van der Waals surface area contributed by atoms with Crippen molar-refractivity contribution in [2.24, 2.45) is 11.5 Å². The standard InChI is InChI=1S/C15H21N3O3.ClH/c16-13(10-14(17)19)15(20)18-8-6-12(7-9-18)21-11-4-2-1-3-5-11;/h1-5,12-13H,6-10,16H2,(H2,17,19);1H. The van der Waals surface area contributed by atoms with Crippen LogP contribution in [0.1, 0.15) is 19.3 Å². The van der Waals surface area contributed by atoms with Gasteiger partial charge in [-0.1, -0.05) is 18.2 Å². The number of hydrogen-bond donors (Lipinski definition) is 2. The Morgan fingerprint density at radius 3 is 2.36 bits per heavy atom.